The molecule has 0 amide bonds. The molecule has 0 aliphatic carbocycles. The summed E-state index contributed by atoms with van der Waals surface area (Å²) in [5.74, 6) is -0.932. The van der Waals surface area contributed by atoms with E-state index in [0.29, 0.717) is 32.8 Å². The van der Waals surface area contributed by atoms with Crippen LogP contribution in [0.1, 0.15) is 40.0 Å². The summed E-state index contributed by atoms with van der Waals surface area (Å²) in [6, 6.07) is -0.752. The van der Waals surface area contributed by atoms with E-state index in [1.54, 1.807) is 0 Å². The Morgan fingerprint density at radius 2 is 1.65 bits per heavy atom. The molecule has 0 saturated heterocycles. The highest BCUT2D eigenvalue weighted by molar-refractivity contribution is 6.58. The van der Waals surface area contributed by atoms with E-state index in [0.717, 1.165) is 12.8 Å². The van der Waals surface area contributed by atoms with Crippen LogP contribution in [0.2, 0.25) is 0 Å². The molecule has 1 atom stereocenters. The van der Waals surface area contributed by atoms with Crippen molar-refractivity contribution in [3.63, 3.8) is 0 Å². The van der Waals surface area contributed by atoms with E-state index < -0.39 is 21.0 Å². The first-order chi connectivity index (χ1) is 9.55. The van der Waals surface area contributed by atoms with E-state index in [9.17, 15) is 9.90 Å². The first kappa shape index (κ1) is 19.5. The standard InChI is InChI=1S/C12H28N2O5Si/c1-4-17-20(18-5-2,19-6-3)14-11(12(15)16)9-7-8-10-13/h11,14H,4-10,13H2,1-3H3,(H,15,16)/t11-/m0/s1. The second-order valence-electron chi connectivity index (χ2n) is 4.17. The first-order valence-electron chi connectivity index (χ1n) is 7.17. The van der Waals surface area contributed by atoms with Gasteiger partial charge in [0, 0.05) is 19.8 Å². The molecule has 0 radical (unpaired) electrons. The summed E-state index contributed by atoms with van der Waals surface area (Å²) in [4.78, 5) is 14.3. The molecular formula is C12H28N2O5Si. The Morgan fingerprint density at radius 1 is 1.15 bits per heavy atom. The average molecular weight is 308 g/mol. The van der Waals surface area contributed by atoms with E-state index in [4.69, 9.17) is 19.0 Å². The van der Waals surface area contributed by atoms with E-state index in [2.05, 4.69) is 4.98 Å². The third-order valence-corrected chi connectivity index (χ3v) is 5.31. The van der Waals surface area contributed by atoms with Crippen LogP contribution in [0.4, 0.5) is 0 Å². The van der Waals surface area contributed by atoms with Crippen molar-refractivity contribution in [2.75, 3.05) is 26.4 Å². The van der Waals surface area contributed by atoms with Gasteiger partial charge in [-0.2, -0.15) is 0 Å². The molecule has 0 spiro atoms. The molecule has 7 nitrogen and oxygen atoms in total. The summed E-state index contributed by atoms with van der Waals surface area (Å²) in [5.41, 5.74) is 5.43. The minimum absolute atomic E-state index is 0.397. The van der Waals surface area contributed by atoms with E-state index in [1.807, 2.05) is 20.8 Å². The lowest BCUT2D eigenvalue weighted by Gasteiger charge is -2.31. The number of carboxylic acid groups (broad SMARTS) is 1. The van der Waals surface area contributed by atoms with Crippen molar-refractivity contribution in [3.8, 4) is 0 Å². The van der Waals surface area contributed by atoms with Gasteiger partial charge in [0.05, 0.1) is 0 Å². The van der Waals surface area contributed by atoms with Gasteiger partial charge in [0.15, 0.2) is 0 Å². The van der Waals surface area contributed by atoms with Gasteiger partial charge in [-0.05, 0) is 40.2 Å². The molecule has 0 aromatic heterocycles. The summed E-state index contributed by atoms with van der Waals surface area (Å²) in [6.45, 7) is 7.22. The van der Waals surface area contributed by atoms with Crippen LogP contribution >= 0.6 is 0 Å². The lowest BCUT2D eigenvalue weighted by molar-refractivity contribution is -0.139. The summed E-state index contributed by atoms with van der Waals surface area (Å²) in [6.07, 6.45) is 1.99. The van der Waals surface area contributed by atoms with Crippen molar-refractivity contribution >= 4 is 14.9 Å². The van der Waals surface area contributed by atoms with Gasteiger partial charge in [0.1, 0.15) is 6.04 Å². The van der Waals surface area contributed by atoms with Gasteiger partial charge in [-0.3, -0.25) is 9.78 Å². The van der Waals surface area contributed by atoms with Crippen molar-refractivity contribution in [2.45, 2.75) is 46.1 Å². The summed E-state index contributed by atoms with van der Waals surface area (Å²) in [5, 5.41) is 9.30. The monoisotopic (exact) mass is 308 g/mol. The third kappa shape index (κ3) is 7.32. The Kier molecular flexibility index (Phi) is 10.9. The second-order valence-corrected chi connectivity index (χ2v) is 6.44. The molecule has 0 heterocycles. The van der Waals surface area contributed by atoms with Crippen LogP contribution in [0.25, 0.3) is 0 Å². The number of hydrogen-bond acceptors (Lipinski definition) is 6. The Morgan fingerprint density at radius 3 is 2.00 bits per heavy atom. The molecule has 120 valence electrons. The zero-order chi connectivity index (χ0) is 15.4. The number of nitrogens with two attached hydrogens (primary N) is 1. The summed E-state index contributed by atoms with van der Waals surface area (Å²) >= 11 is 0. The predicted molar refractivity (Wildman–Crippen MR) is 78.1 cm³/mol. The van der Waals surface area contributed by atoms with Gasteiger partial charge in [-0.1, -0.05) is 6.42 Å². The molecule has 0 saturated carbocycles. The fourth-order valence-corrected chi connectivity index (χ4v) is 4.12. The first-order valence-corrected chi connectivity index (χ1v) is 8.90. The van der Waals surface area contributed by atoms with Gasteiger partial charge in [0.2, 0.25) is 0 Å². The highest BCUT2D eigenvalue weighted by Gasteiger charge is 2.45. The zero-order valence-corrected chi connectivity index (χ0v) is 13.7. The number of hydrogen-bond donors (Lipinski definition) is 3. The van der Waals surface area contributed by atoms with E-state index >= 15 is 0 Å². The Hall–Kier alpha value is -0.513. The fraction of sp³-hybridized carbons (Fsp3) is 0.917. The number of rotatable bonds is 13. The van der Waals surface area contributed by atoms with Crippen LogP contribution in [-0.4, -0.2) is 52.4 Å². The molecule has 0 rings (SSSR count). The lowest BCUT2D eigenvalue weighted by Crippen LogP contribution is -2.63. The van der Waals surface area contributed by atoms with Gasteiger partial charge in [-0.15, -0.1) is 0 Å². The number of unbranched alkanes of at least 4 members (excludes halogenated alkanes) is 1. The van der Waals surface area contributed by atoms with Gasteiger partial charge >= 0.3 is 14.9 Å². The minimum atomic E-state index is -3.14. The van der Waals surface area contributed by atoms with Crippen molar-refractivity contribution in [2.24, 2.45) is 5.73 Å². The minimum Gasteiger partial charge on any atom is -0.480 e. The molecule has 0 aliphatic rings. The third-order valence-electron chi connectivity index (χ3n) is 2.60. The molecule has 0 fully saturated rings. The van der Waals surface area contributed by atoms with Crippen LogP contribution in [0.3, 0.4) is 0 Å². The van der Waals surface area contributed by atoms with Gasteiger partial charge in [0.25, 0.3) is 0 Å². The van der Waals surface area contributed by atoms with Crippen LogP contribution < -0.4 is 10.7 Å². The Labute approximate surface area is 122 Å². The number of aliphatic carboxylic acids is 1. The summed E-state index contributed by atoms with van der Waals surface area (Å²) < 4.78 is 16.8. The maximum absolute atomic E-state index is 11.3. The van der Waals surface area contributed by atoms with Gasteiger partial charge in [-0.25, -0.2) is 0 Å². The van der Waals surface area contributed by atoms with Gasteiger partial charge < -0.3 is 24.1 Å². The van der Waals surface area contributed by atoms with Crippen molar-refractivity contribution in [3.05, 3.63) is 0 Å². The van der Waals surface area contributed by atoms with Crippen LogP contribution in [-0.2, 0) is 18.1 Å². The maximum Gasteiger partial charge on any atom is 0.597 e. The van der Waals surface area contributed by atoms with Crippen LogP contribution in [0.15, 0.2) is 0 Å². The van der Waals surface area contributed by atoms with E-state index in [1.165, 1.54) is 0 Å². The highest BCUT2D eigenvalue weighted by atomic mass is 28.4. The predicted octanol–water partition coefficient (Wildman–Crippen LogP) is 0.703. The highest BCUT2D eigenvalue weighted by Crippen LogP contribution is 2.11. The molecule has 0 aromatic rings. The van der Waals surface area contributed by atoms with Crippen LogP contribution in [0, 0.1) is 0 Å². The molecule has 20 heavy (non-hydrogen) atoms. The van der Waals surface area contributed by atoms with E-state index in [-0.39, 0.29) is 0 Å². The van der Waals surface area contributed by atoms with Crippen molar-refractivity contribution < 1.29 is 23.2 Å². The topological polar surface area (TPSA) is 103 Å². The lowest BCUT2D eigenvalue weighted by atomic mass is 10.1. The molecule has 0 bridgehead atoms. The zero-order valence-electron chi connectivity index (χ0n) is 12.7. The second kappa shape index (κ2) is 11.2. The van der Waals surface area contributed by atoms with Crippen molar-refractivity contribution in [1.29, 1.82) is 0 Å². The maximum atomic E-state index is 11.3. The quantitative estimate of drug-likeness (QED) is 0.340. The Bertz CT molecular complexity index is 251. The fourth-order valence-electron chi connectivity index (χ4n) is 1.78. The normalized spacial score (nSPS) is 13.4. The van der Waals surface area contributed by atoms with Crippen LogP contribution in [0.5, 0.6) is 0 Å². The SMILES string of the molecule is CCO[Si](N[C@@H](CCCCN)C(=O)O)(OCC)OCC. The molecular weight excluding hydrogens is 280 g/mol. The molecule has 0 unspecified atom stereocenters. The molecule has 0 aromatic carbocycles. The largest absolute Gasteiger partial charge is 0.597 e. The number of carboxylic acids is 1. The number of nitrogens with one attached hydrogen (secondary N) is 1. The average Bonchev–Trinajstić information content (AvgIpc) is 2.38. The number of carbonyl (C=O) groups is 1. The van der Waals surface area contributed by atoms with Crippen molar-refractivity contribution in [1.82, 2.24) is 4.98 Å². The Balaban J connectivity index is 4.79. The molecule has 8 heteroatoms. The summed E-state index contributed by atoms with van der Waals surface area (Å²) in [7, 11) is -3.14. The smallest absolute Gasteiger partial charge is 0.480 e. The molecule has 4 N–H and O–H groups in total. The molecule has 0 aliphatic heterocycles.